The molecule has 16 heavy (non-hydrogen) atoms. The maximum absolute atomic E-state index is 13.3. The van der Waals surface area contributed by atoms with Gasteiger partial charge in [0.05, 0.1) is 6.42 Å². The minimum Gasteiger partial charge on any atom is -0.341 e. The predicted octanol–water partition coefficient (Wildman–Crippen LogP) is 1.94. The summed E-state index contributed by atoms with van der Waals surface area (Å²) in [6.07, 6.45) is 0.178. The summed E-state index contributed by atoms with van der Waals surface area (Å²) in [5.74, 6) is 1.72. The minimum absolute atomic E-state index is 0.0328. The minimum atomic E-state index is -0.290. The Morgan fingerprint density at radius 1 is 1.31 bits per heavy atom. The lowest BCUT2D eigenvalue weighted by atomic mass is 10.1. The third kappa shape index (κ3) is 2.76. The van der Waals surface area contributed by atoms with Gasteiger partial charge < -0.3 is 4.90 Å². The fraction of sp³-hybridized carbons (Fsp3) is 0.417. The summed E-state index contributed by atoms with van der Waals surface area (Å²) < 4.78 is 13.3. The smallest absolute Gasteiger partial charge is 0.227 e. The van der Waals surface area contributed by atoms with Crippen LogP contribution in [0.2, 0.25) is 0 Å². The van der Waals surface area contributed by atoms with Gasteiger partial charge in [-0.1, -0.05) is 18.2 Å². The highest BCUT2D eigenvalue weighted by Gasteiger charge is 2.17. The van der Waals surface area contributed by atoms with Gasteiger partial charge >= 0.3 is 0 Å². The van der Waals surface area contributed by atoms with Gasteiger partial charge in [0.15, 0.2) is 0 Å². The standard InChI is InChI=1S/C12H14FNOS/c13-11-4-2-1-3-10(11)9-12(15)14-5-7-16-8-6-14/h1-4H,5-9H2. The van der Waals surface area contributed by atoms with E-state index in [1.165, 1.54) is 6.07 Å². The molecule has 0 unspecified atom stereocenters. The molecule has 0 saturated carbocycles. The second-order valence-corrected chi connectivity index (χ2v) is 4.99. The van der Waals surface area contributed by atoms with E-state index < -0.39 is 0 Å². The summed E-state index contributed by atoms with van der Waals surface area (Å²) >= 11 is 1.86. The van der Waals surface area contributed by atoms with Crippen molar-refractivity contribution < 1.29 is 9.18 Å². The SMILES string of the molecule is O=C(Cc1ccccc1F)N1CCSCC1. The third-order valence-corrected chi connectivity index (χ3v) is 3.61. The predicted molar refractivity (Wildman–Crippen MR) is 64.0 cm³/mol. The molecule has 0 N–H and O–H groups in total. The lowest BCUT2D eigenvalue weighted by molar-refractivity contribution is -0.130. The summed E-state index contributed by atoms with van der Waals surface area (Å²) in [7, 11) is 0. The number of carbonyl (C=O) groups is 1. The van der Waals surface area contributed by atoms with E-state index in [0.29, 0.717) is 5.56 Å². The first-order valence-corrected chi connectivity index (χ1v) is 6.52. The molecule has 1 amide bonds. The van der Waals surface area contributed by atoms with E-state index >= 15 is 0 Å². The number of nitrogens with zero attached hydrogens (tertiary/aromatic N) is 1. The van der Waals surface area contributed by atoms with E-state index in [9.17, 15) is 9.18 Å². The van der Waals surface area contributed by atoms with Crippen molar-refractivity contribution in [2.75, 3.05) is 24.6 Å². The molecular weight excluding hydrogens is 225 g/mol. The van der Waals surface area contributed by atoms with Crippen molar-refractivity contribution in [3.63, 3.8) is 0 Å². The van der Waals surface area contributed by atoms with Crippen LogP contribution in [0, 0.1) is 5.82 Å². The third-order valence-electron chi connectivity index (χ3n) is 2.66. The molecule has 1 aromatic carbocycles. The molecule has 0 aliphatic carbocycles. The van der Waals surface area contributed by atoms with Gasteiger partial charge in [-0.05, 0) is 11.6 Å². The first-order chi connectivity index (χ1) is 7.77. The van der Waals surface area contributed by atoms with Crippen LogP contribution in [0.4, 0.5) is 4.39 Å². The number of halogens is 1. The van der Waals surface area contributed by atoms with Gasteiger partial charge in [0.2, 0.25) is 5.91 Å². The fourth-order valence-electron chi connectivity index (χ4n) is 1.73. The Morgan fingerprint density at radius 3 is 2.69 bits per heavy atom. The van der Waals surface area contributed by atoms with E-state index in [4.69, 9.17) is 0 Å². The number of thioether (sulfide) groups is 1. The molecule has 1 aliphatic heterocycles. The van der Waals surface area contributed by atoms with Crippen LogP contribution in [0.1, 0.15) is 5.56 Å². The van der Waals surface area contributed by atoms with Gasteiger partial charge in [-0.25, -0.2) is 4.39 Å². The largest absolute Gasteiger partial charge is 0.341 e. The highest BCUT2D eigenvalue weighted by atomic mass is 32.2. The Kier molecular flexibility index (Phi) is 3.83. The molecule has 1 saturated heterocycles. The molecule has 0 atom stereocenters. The number of hydrogen-bond donors (Lipinski definition) is 0. The molecule has 0 aromatic heterocycles. The maximum atomic E-state index is 13.3. The van der Waals surface area contributed by atoms with Crippen LogP contribution in [0.3, 0.4) is 0 Å². The molecule has 4 heteroatoms. The molecule has 0 radical (unpaired) electrons. The first-order valence-electron chi connectivity index (χ1n) is 5.36. The van der Waals surface area contributed by atoms with Crippen LogP contribution in [0.5, 0.6) is 0 Å². The molecule has 1 aromatic rings. The van der Waals surface area contributed by atoms with Crippen molar-refractivity contribution >= 4 is 17.7 Å². The van der Waals surface area contributed by atoms with Crippen molar-refractivity contribution in [1.82, 2.24) is 4.90 Å². The highest BCUT2D eigenvalue weighted by Crippen LogP contribution is 2.13. The zero-order valence-electron chi connectivity index (χ0n) is 8.99. The lowest BCUT2D eigenvalue weighted by Crippen LogP contribution is -2.38. The number of benzene rings is 1. The van der Waals surface area contributed by atoms with Gasteiger partial charge in [-0.15, -0.1) is 0 Å². The molecule has 1 fully saturated rings. The average Bonchev–Trinajstić information content (AvgIpc) is 2.33. The molecule has 86 valence electrons. The van der Waals surface area contributed by atoms with Crippen molar-refractivity contribution in [2.45, 2.75) is 6.42 Å². The Morgan fingerprint density at radius 2 is 2.00 bits per heavy atom. The van der Waals surface area contributed by atoms with Gasteiger partial charge in [-0.2, -0.15) is 11.8 Å². The Hall–Kier alpha value is -1.03. The topological polar surface area (TPSA) is 20.3 Å². The summed E-state index contributed by atoms with van der Waals surface area (Å²) in [5.41, 5.74) is 0.491. The molecular formula is C12H14FNOS. The van der Waals surface area contributed by atoms with Gasteiger partial charge in [0.25, 0.3) is 0 Å². The highest BCUT2D eigenvalue weighted by molar-refractivity contribution is 7.99. The Balaban J connectivity index is 1.99. The second kappa shape index (κ2) is 5.34. The van der Waals surface area contributed by atoms with Crippen LogP contribution < -0.4 is 0 Å². The van der Waals surface area contributed by atoms with E-state index in [1.807, 2.05) is 16.7 Å². The van der Waals surface area contributed by atoms with Crippen molar-refractivity contribution in [3.8, 4) is 0 Å². The van der Waals surface area contributed by atoms with Crippen LogP contribution in [-0.4, -0.2) is 35.4 Å². The number of amides is 1. The van der Waals surface area contributed by atoms with Gasteiger partial charge in [0.1, 0.15) is 5.82 Å². The Bertz CT molecular complexity index is 377. The van der Waals surface area contributed by atoms with Crippen LogP contribution >= 0.6 is 11.8 Å². The molecule has 2 rings (SSSR count). The van der Waals surface area contributed by atoms with E-state index in [1.54, 1.807) is 18.2 Å². The average molecular weight is 239 g/mol. The van der Waals surface area contributed by atoms with Gasteiger partial charge in [-0.3, -0.25) is 4.79 Å². The van der Waals surface area contributed by atoms with E-state index in [0.717, 1.165) is 24.6 Å². The van der Waals surface area contributed by atoms with Crippen LogP contribution in [0.15, 0.2) is 24.3 Å². The monoisotopic (exact) mass is 239 g/mol. The quantitative estimate of drug-likeness (QED) is 0.786. The summed E-state index contributed by atoms with van der Waals surface area (Å²) in [6, 6.07) is 6.47. The van der Waals surface area contributed by atoms with Crippen molar-refractivity contribution in [2.24, 2.45) is 0 Å². The van der Waals surface area contributed by atoms with Crippen molar-refractivity contribution in [1.29, 1.82) is 0 Å². The molecule has 2 nitrogen and oxygen atoms in total. The molecule has 1 aliphatic rings. The number of rotatable bonds is 2. The molecule has 0 bridgehead atoms. The molecule has 0 spiro atoms. The van der Waals surface area contributed by atoms with E-state index in [2.05, 4.69) is 0 Å². The first kappa shape index (κ1) is 11.5. The number of carbonyl (C=O) groups excluding carboxylic acids is 1. The second-order valence-electron chi connectivity index (χ2n) is 3.76. The summed E-state index contributed by atoms with van der Waals surface area (Å²) in [5, 5.41) is 0. The Labute approximate surface area is 98.8 Å². The lowest BCUT2D eigenvalue weighted by Gasteiger charge is -2.26. The fourth-order valence-corrected chi connectivity index (χ4v) is 2.63. The van der Waals surface area contributed by atoms with E-state index in [-0.39, 0.29) is 18.1 Å². The number of hydrogen-bond acceptors (Lipinski definition) is 2. The maximum Gasteiger partial charge on any atom is 0.227 e. The van der Waals surface area contributed by atoms with Crippen LogP contribution in [0.25, 0.3) is 0 Å². The summed E-state index contributed by atoms with van der Waals surface area (Å²) in [4.78, 5) is 13.7. The zero-order valence-corrected chi connectivity index (χ0v) is 9.80. The normalized spacial score (nSPS) is 16.2. The molecule has 1 heterocycles. The summed E-state index contributed by atoms with van der Waals surface area (Å²) in [6.45, 7) is 1.58. The van der Waals surface area contributed by atoms with Gasteiger partial charge in [0, 0.05) is 24.6 Å². The van der Waals surface area contributed by atoms with Crippen molar-refractivity contribution in [3.05, 3.63) is 35.6 Å². The zero-order chi connectivity index (χ0) is 11.4. The van der Waals surface area contributed by atoms with Crippen LogP contribution in [-0.2, 0) is 11.2 Å².